The fourth-order valence-corrected chi connectivity index (χ4v) is 2.44. The quantitative estimate of drug-likeness (QED) is 0.193. The number of ether oxygens (including phenoxy) is 1. The van der Waals surface area contributed by atoms with Gasteiger partial charge in [0.15, 0.2) is 0 Å². The van der Waals surface area contributed by atoms with Crippen LogP contribution in [0.3, 0.4) is 0 Å². The molecule has 138 valence electrons. The summed E-state index contributed by atoms with van der Waals surface area (Å²) in [6, 6.07) is 13.4. The van der Waals surface area contributed by atoms with Gasteiger partial charge in [0, 0.05) is 12.1 Å². The van der Waals surface area contributed by atoms with Crippen molar-refractivity contribution in [2.45, 2.75) is 45.4 Å². The standard InChI is InChI=1S/C20H25N3O3/c1-2-3-4-5-6-7-16-26-20-14-10-18(11-15-20)22-21-17-8-12-19(13-9-17)23(24)25/h8-15H,2-7,16H2,1H3. The molecule has 2 aromatic carbocycles. The van der Waals surface area contributed by atoms with E-state index in [2.05, 4.69) is 17.2 Å². The largest absolute Gasteiger partial charge is 0.494 e. The lowest BCUT2D eigenvalue weighted by molar-refractivity contribution is -0.384. The van der Waals surface area contributed by atoms with E-state index in [0.717, 1.165) is 18.8 Å². The molecule has 6 nitrogen and oxygen atoms in total. The number of rotatable bonds is 11. The smallest absolute Gasteiger partial charge is 0.269 e. The lowest BCUT2D eigenvalue weighted by atomic mass is 10.1. The first-order valence-electron chi connectivity index (χ1n) is 9.08. The van der Waals surface area contributed by atoms with Crippen molar-refractivity contribution in [1.29, 1.82) is 0 Å². The van der Waals surface area contributed by atoms with Crippen LogP contribution in [-0.4, -0.2) is 11.5 Å². The van der Waals surface area contributed by atoms with E-state index in [9.17, 15) is 10.1 Å². The molecule has 0 unspecified atom stereocenters. The van der Waals surface area contributed by atoms with E-state index in [4.69, 9.17) is 4.74 Å². The van der Waals surface area contributed by atoms with E-state index in [1.807, 2.05) is 24.3 Å². The van der Waals surface area contributed by atoms with E-state index in [1.54, 1.807) is 12.1 Å². The van der Waals surface area contributed by atoms with Gasteiger partial charge in [0.05, 0.1) is 22.9 Å². The molecule has 2 rings (SSSR count). The topological polar surface area (TPSA) is 77.1 Å². The number of non-ortho nitro benzene ring substituents is 1. The highest BCUT2D eigenvalue weighted by Crippen LogP contribution is 2.23. The Hall–Kier alpha value is -2.76. The molecule has 0 amide bonds. The Labute approximate surface area is 154 Å². The maximum Gasteiger partial charge on any atom is 0.269 e. The summed E-state index contributed by atoms with van der Waals surface area (Å²) in [7, 11) is 0. The SMILES string of the molecule is CCCCCCCCOc1ccc(N=Nc2ccc([N+](=O)[O-])cc2)cc1. The van der Waals surface area contributed by atoms with Gasteiger partial charge in [-0.2, -0.15) is 10.2 Å². The second kappa shape index (κ2) is 11.0. The fraction of sp³-hybridized carbons (Fsp3) is 0.400. The van der Waals surface area contributed by atoms with E-state index in [-0.39, 0.29) is 5.69 Å². The van der Waals surface area contributed by atoms with Gasteiger partial charge in [-0.05, 0) is 42.8 Å². The Bertz CT molecular complexity index is 697. The van der Waals surface area contributed by atoms with Crippen molar-refractivity contribution in [3.8, 4) is 5.75 Å². The van der Waals surface area contributed by atoms with Gasteiger partial charge in [-0.3, -0.25) is 10.1 Å². The third-order valence-electron chi connectivity index (χ3n) is 3.94. The number of azo groups is 1. The fourth-order valence-electron chi connectivity index (χ4n) is 2.44. The zero-order valence-electron chi connectivity index (χ0n) is 15.1. The van der Waals surface area contributed by atoms with Gasteiger partial charge in [-0.25, -0.2) is 0 Å². The molecule has 0 N–H and O–H groups in total. The number of benzene rings is 2. The monoisotopic (exact) mass is 355 g/mol. The van der Waals surface area contributed by atoms with Crippen LogP contribution in [0.2, 0.25) is 0 Å². The Morgan fingerprint density at radius 2 is 1.38 bits per heavy atom. The van der Waals surface area contributed by atoms with Crippen LogP contribution in [0.4, 0.5) is 17.1 Å². The summed E-state index contributed by atoms with van der Waals surface area (Å²) in [6.45, 7) is 2.95. The molecular weight excluding hydrogens is 330 g/mol. The number of hydrogen-bond acceptors (Lipinski definition) is 5. The van der Waals surface area contributed by atoms with Gasteiger partial charge in [0.2, 0.25) is 0 Å². The van der Waals surface area contributed by atoms with E-state index < -0.39 is 4.92 Å². The molecule has 0 heterocycles. The lowest BCUT2D eigenvalue weighted by Crippen LogP contribution is -1.96. The highest BCUT2D eigenvalue weighted by atomic mass is 16.6. The summed E-state index contributed by atoms with van der Waals surface area (Å²) in [5.41, 5.74) is 1.31. The Morgan fingerprint density at radius 1 is 0.846 bits per heavy atom. The number of nitro groups is 1. The summed E-state index contributed by atoms with van der Waals surface area (Å²) in [6.07, 6.45) is 7.46. The molecule has 6 heteroatoms. The molecule has 0 bridgehead atoms. The molecule has 0 saturated carbocycles. The summed E-state index contributed by atoms with van der Waals surface area (Å²) in [5.74, 6) is 0.827. The summed E-state index contributed by atoms with van der Waals surface area (Å²) in [5, 5.41) is 18.8. The van der Waals surface area contributed by atoms with Crippen molar-refractivity contribution >= 4 is 17.1 Å². The minimum atomic E-state index is -0.440. The highest BCUT2D eigenvalue weighted by molar-refractivity contribution is 5.45. The van der Waals surface area contributed by atoms with E-state index in [1.165, 1.54) is 44.2 Å². The zero-order valence-corrected chi connectivity index (χ0v) is 15.1. The number of nitro benzene ring substituents is 1. The normalized spacial score (nSPS) is 11.0. The van der Waals surface area contributed by atoms with Gasteiger partial charge in [-0.15, -0.1) is 0 Å². The van der Waals surface area contributed by atoms with Gasteiger partial charge in [0.25, 0.3) is 5.69 Å². The zero-order chi connectivity index (χ0) is 18.6. The van der Waals surface area contributed by atoms with Crippen molar-refractivity contribution in [3.63, 3.8) is 0 Å². The van der Waals surface area contributed by atoms with Crippen LogP contribution in [0.15, 0.2) is 58.8 Å². The summed E-state index contributed by atoms with van der Waals surface area (Å²) >= 11 is 0. The summed E-state index contributed by atoms with van der Waals surface area (Å²) < 4.78 is 5.73. The Kier molecular flexibility index (Phi) is 8.26. The van der Waals surface area contributed by atoms with Crippen LogP contribution in [0, 0.1) is 10.1 Å². The van der Waals surface area contributed by atoms with Gasteiger partial charge in [0.1, 0.15) is 5.75 Å². The molecule has 0 aliphatic carbocycles. The van der Waals surface area contributed by atoms with Crippen LogP contribution < -0.4 is 4.74 Å². The van der Waals surface area contributed by atoms with Gasteiger partial charge >= 0.3 is 0 Å². The average Bonchev–Trinajstić information content (AvgIpc) is 2.67. The predicted molar refractivity (Wildman–Crippen MR) is 103 cm³/mol. The second-order valence-electron chi connectivity index (χ2n) is 6.08. The second-order valence-corrected chi connectivity index (χ2v) is 6.08. The van der Waals surface area contributed by atoms with Crippen molar-refractivity contribution < 1.29 is 9.66 Å². The van der Waals surface area contributed by atoms with Crippen LogP contribution in [0.25, 0.3) is 0 Å². The molecule has 0 atom stereocenters. The molecule has 0 radical (unpaired) electrons. The summed E-state index contributed by atoms with van der Waals surface area (Å²) in [4.78, 5) is 10.2. The van der Waals surface area contributed by atoms with Crippen molar-refractivity contribution in [1.82, 2.24) is 0 Å². The maximum atomic E-state index is 10.6. The molecular formula is C20H25N3O3. The Balaban J connectivity index is 1.75. The van der Waals surface area contributed by atoms with E-state index in [0.29, 0.717) is 11.4 Å². The van der Waals surface area contributed by atoms with Crippen LogP contribution in [-0.2, 0) is 0 Å². The van der Waals surface area contributed by atoms with Gasteiger partial charge in [-0.1, -0.05) is 39.0 Å². The number of hydrogen-bond donors (Lipinski definition) is 0. The highest BCUT2D eigenvalue weighted by Gasteiger charge is 2.03. The molecule has 0 aromatic heterocycles. The maximum absolute atomic E-state index is 10.6. The molecule has 2 aromatic rings. The van der Waals surface area contributed by atoms with E-state index >= 15 is 0 Å². The van der Waals surface area contributed by atoms with Crippen molar-refractivity contribution in [2.75, 3.05) is 6.61 Å². The van der Waals surface area contributed by atoms with Crippen LogP contribution in [0.1, 0.15) is 45.4 Å². The first kappa shape index (κ1) is 19.6. The van der Waals surface area contributed by atoms with Crippen molar-refractivity contribution in [3.05, 3.63) is 58.6 Å². The number of nitrogens with zero attached hydrogens (tertiary/aromatic N) is 3. The Morgan fingerprint density at radius 3 is 1.96 bits per heavy atom. The third kappa shape index (κ3) is 7.01. The lowest BCUT2D eigenvalue weighted by Gasteiger charge is -2.06. The minimum absolute atomic E-state index is 0.0378. The predicted octanol–water partition coefficient (Wildman–Crippen LogP) is 6.75. The minimum Gasteiger partial charge on any atom is -0.494 e. The molecule has 0 spiro atoms. The average molecular weight is 355 g/mol. The molecule has 0 aliphatic rings. The van der Waals surface area contributed by atoms with Crippen molar-refractivity contribution in [2.24, 2.45) is 10.2 Å². The number of unbranched alkanes of at least 4 members (excludes halogenated alkanes) is 5. The molecule has 0 saturated heterocycles. The molecule has 0 aliphatic heterocycles. The van der Waals surface area contributed by atoms with Crippen LogP contribution >= 0.6 is 0 Å². The van der Waals surface area contributed by atoms with Gasteiger partial charge < -0.3 is 4.74 Å². The third-order valence-corrected chi connectivity index (χ3v) is 3.94. The molecule has 26 heavy (non-hydrogen) atoms. The van der Waals surface area contributed by atoms with Crippen LogP contribution in [0.5, 0.6) is 5.75 Å². The molecule has 0 fully saturated rings. The first-order chi connectivity index (χ1) is 12.7. The first-order valence-corrected chi connectivity index (χ1v) is 9.08.